The second kappa shape index (κ2) is 11.3. The number of benzene rings is 2. The summed E-state index contributed by atoms with van der Waals surface area (Å²) < 4.78 is 91.0. The van der Waals surface area contributed by atoms with Gasteiger partial charge in [-0.15, -0.1) is 0 Å². The zero-order chi connectivity index (χ0) is 29.2. The Bertz CT molecular complexity index is 1210. The van der Waals surface area contributed by atoms with Gasteiger partial charge in [0.15, 0.2) is 0 Å². The van der Waals surface area contributed by atoms with Crippen molar-refractivity contribution in [2.45, 2.75) is 71.1 Å². The summed E-state index contributed by atoms with van der Waals surface area (Å²) in [6.07, 6.45) is -7.17. The minimum absolute atomic E-state index is 0.0531. The van der Waals surface area contributed by atoms with Crippen molar-refractivity contribution in [2.24, 2.45) is 0 Å². The number of amides is 1. The van der Waals surface area contributed by atoms with Crippen molar-refractivity contribution in [1.82, 2.24) is 4.90 Å². The average Bonchev–Trinajstić information content (AvgIpc) is 3.22. The maximum Gasteiger partial charge on any atom is 0.416 e. The van der Waals surface area contributed by atoms with E-state index >= 15 is 0 Å². The van der Waals surface area contributed by atoms with Crippen molar-refractivity contribution < 1.29 is 45.4 Å². The average molecular weight is 558 g/mol. The van der Waals surface area contributed by atoms with E-state index in [9.17, 15) is 35.9 Å². The van der Waals surface area contributed by atoms with Crippen molar-refractivity contribution in [3.05, 3.63) is 75.9 Å². The van der Waals surface area contributed by atoms with Gasteiger partial charge < -0.3 is 9.47 Å². The standard InChI is InChI=1S/C28H29F6NO4/c1-5-38-24(36)11-7-17-6-9-22-19(12-17)8-10-23(22)35(25(37)39-26(2,3)4)16-18-13-20(27(29,30)31)15-21(14-18)28(32,33)34/h6-7,9,11-15,23H,5,8,10,16H2,1-4H3/b11-7+. The van der Waals surface area contributed by atoms with E-state index in [1.165, 1.54) is 11.0 Å². The topological polar surface area (TPSA) is 55.8 Å². The van der Waals surface area contributed by atoms with Gasteiger partial charge >= 0.3 is 24.4 Å². The molecule has 0 aromatic heterocycles. The Morgan fingerprint density at radius 3 is 2.13 bits per heavy atom. The van der Waals surface area contributed by atoms with Gasteiger partial charge in [0.2, 0.25) is 0 Å². The van der Waals surface area contributed by atoms with Crippen LogP contribution >= 0.6 is 0 Å². The zero-order valence-electron chi connectivity index (χ0n) is 21.9. The summed E-state index contributed by atoms with van der Waals surface area (Å²) in [5.74, 6) is -0.508. The lowest BCUT2D eigenvalue weighted by molar-refractivity contribution is -0.143. The fraction of sp³-hybridized carbons (Fsp3) is 0.429. The number of hydrogen-bond donors (Lipinski definition) is 0. The molecule has 212 valence electrons. The summed E-state index contributed by atoms with van der Waals surface area (Å²) in [5, 5.41) is 0. The molecule has 1 amide bonds. The molecule has 2 aromatic carbocycles. The van der Waals surface area contributed by atoms with E-state index in [1.807, 2.05) is 6.07 Å². The summed E-state index contributed by atoms with van der Waals surface area (Å²) in [5.41, 5.74) is -1.98. The molecule has 0 heterocycles. The molecule has 0 N–H and O–H groups in total. The summed E-state index contributed by atoms with van der Waals surface area (Å²) >= 11 is 0. The van der Waals surface area contributed by atoms with Crippen molar-refractivity contribution in [3.63, 3.8) is 0 Å². The Kier molecular flexibility index (Phi) is 8.72. The third-order valence-corrected chi connectivity index (χ3v) is 5.92. The van der Waals surface area contributed by atoms with Crippen LogP contribution < -0.4 is 0 Å². The maximum atomic E-state index is 13.4. The first-order valence-corrected chi connectivity index (χ1v) is 12.2. The van der Waals surface area contributed by atoms with Gasteiger partial charge in [-0.2, -0.15) is 26.3 Å². The second-order valence-electron chi connectivity index (χ2n) is 10.1. The predicted molar refractivity (Wildman–Crippen MR) is 131 cm³/mol. The summed E-state index contributed by atoms with van der Waals surface area (Å²) in [7, 11) is 0. The number of esters is 1. The van der Waals surface area contributed by atoms with Gasteiger partial charge in [-0.05, 0) is 87.1 Å². The van der Waals surface area contributed by atoms with Gasteiger partial charge in [0.25, 0.3) is 0 Å². The smallest absolute Gasteiger partial charge is 0.416 e. The molecule has 1 aliphatic carbocycles. The monoisotopic (exact) mass is 557 g/mol. The normalized spacial score (nSPS) is 15.8. The Hall–Kier alpha value is -3.50. The number of hydrogen-bond acceptors (Lipinski definition) is 4. The third kappa shape index (κ3) is 8.00. The molecule has 1 aliphatic rings. The van der Waals surface area contributed by atoms with E-state index in [-0.39, 0.29) is 18.2 Å². The van der Waals surface area contributed by atoms with Crippen LogP contribution in [-0.4, -0.2) is 29.2 Å². The van der Waals surface area contributed by atoms with Crippen LogP contribution in [0.15, 0.2) is 42.5 Å². The molecule has 0 aliphatic heterocycles. The third-order valence-electron chi connectivity index (χ3n) is 5.92. The van der Waals surface area contributed by atoms with Crippen LogP contribution in [0.4, 0.5) is 31.1 Å². The molecule has 0 saturated carbocycles. The molecule has 39 heavy (non-hydrogen) atoms. The minimum atomic E-state index is -5.01. The number of aryl methyl sites for hydroxylation is 1. The number of alkyl halides is 6. The number of fused-ring (bicyclic) bond motifs is 1. The van der Waals surface area contributed by atoms with Crippen molar-refractivity contribution >= 4 is 18.1 Å². The number of carbonyl (C=O) groups excluding carboxylic acids is 2. The molecule has 2 aromatic rings. The van der Waals surface area contributed by atoms with Crippen molar-refractivity contribution in [2.75, 3.05) is 6.61 Å². The second-order valence-corrected chi connectivity index (χ2v) is 10.1. The highest BCUT2D eigenvalue weighted by Gasteiger charge is 2.38. The molecule has 0 saturated heterocycles. The fourth-order valence-electron chi connectivity index (χ4n) is 4.33. The van der Waals surface area contributed by atoms with E-state index in [0.29, 0.717) is 36.1 Å². The number of halogens is 6. The molecule has 1 unspecified atom stereocenters. The molecule has 3 rings (SSSR count). The molecule has 1 atom stereocenters. The van der Waals surface area contributed by atoms with Crippen LogP contribution in [0.3, 0.4) is 0 Å². The molecule has 0 bridgehead atoms. The van der Waals surface area contributed by atoms with Crippen LogP contribution in [0, 0.1) is 0 Å². The number of ether oxygens (including phenoxy) is 2. The van der Waals surface area contributed by atoms with E-state index < -0.39 is 53.7 Å². The largest absolute Gasteiger partial charge is 0.463 e. The quantitative estimate of drug-likeness (QED) is 0.207. The van der Waals surface area contributed by atoms with Gasteiger partial charge in [0, 0.05) is 12.6 Å². The molecule has 11 heteroatoms. The van der Waals surface area contributed by atoms with E-state index in [2.05, 4.69) is 0 Å². The maximum absolute atomic E-state index is 13.4. The number of nitrogens with zero attached hydrogens (tertiary/aromatic N) is 1. The summed E-state index contributed by atoms with van der Waals surface area (Å²) in [6.45, 7) is 6.21. The first-order valence-electron chi connectivity index (χ1n) is 12.2. The van der Waals surface area contributed by atoms with E-state index in [0.717, 1.165) is 5.56 Å². The van der Waals surface area contributed by atoms with Crippen LogP contribution in [-0.2, 0) is 39.6 Å². The molecular weight excluding hydrogens is 528 g/mol. The molecular formula is C28H29F6NO4. The SMILES string of the molecule is CCOC(=O)/C=C/c1ccc2c(c1)CCC2N(Cc1cc(C(F)(F)F)cc(C(F)(F)F)c1)C(=O)OC(C)(C)C. The molecule has 0 radical (unpaired) electrons. The first kappa shape index (κ1) is 30.0. The highest BCUT2D eigenvalue weighted by atomic mass is 19.4. The van der Waals surface area contributed by atoms with Gasteiger partial charge in [0.1, 0.15) is 5.60 Å². The lowest BCUT2D eigenvalue weighted by atomic mass is 10.0. The Balaban J connectivity index is 2.00. The summed E-state index contributed by atoms with van der Waals surface area (Å²) in [4.78, 5) is 26.0. The molecule has 5 nitrogen and oxygen atoms in total. The summed E-state index contributed by atoms with van der Waals surface area (Å²) in [6, 6.07) is 5.87. The van der Waals surface area contributed by atoms with Crippen molar-refractivity contribution in [1.29, 1.82) is 0 Å². The molecule has 0 fully saturated rings. The highest BCUT2D eigenvalue weighted by Crippen LogP contribution is 2.40. The van der Waals surface area contributed by atoms with Gasteiger partial charge in [-0.3, -0.25) is 4.90 Å². The van der Waals surface area contributed by atoms with Crippen LogP contribution in [0.25, 0.3) is 6.08 Å². The number of carbonyl (C=O) groups is 2. The van der Waals surface area contributed by atoms with Crippen LogP contribution in [0.5, 0.6) is 0 Å². The van der Waals surface area contributed by atoms with Crippen molar-refractivity contribution in [3.8, 4) is 0 Å². The first-order chi connectivity index (χ1) is 18.0. The Morgan fingerprint density at radius 1 is 0.974 bits per heavy atom. The van der Waals surface area contributed by atoms with E-state index in [4.69, 9.17) is 9.47 Å². The van der Waals surface area contributed by atoms with Gasteiger partial charge in [-0.1, -0.05) is 18.2 Å². The lowest BCUT2D eigenvalue weighted by Gasteiger charge is -2.32. The zero-order valence-corrected chi connectivity index (χ0v) is 21.9. The minimum Gasteiger partial charge on any atom is -0.463 e. The number of rotatable bonds is 6. The lowest BCUT2D eigenvalue weighted by Crippen LogP contribution is -2.38. The Morgan fingerprint density at radius 2 is 1.59 bits per heavy atom. The van der Waals surface area contributed by atoms with Crippen LogP contribution in [0.2, 0.25) is 0 Å². The van der Waals surface area contributed by atoms with Crippen LogP contribution in [0.1, 0.15) is 73.5 Å². The predicted octanol–water partition coefficient (Wildman–Crippen LogP) is 7.73. The molecule has 0 spiro atoms. The Labute approximate surface area is 222 Å². The highest BCUT2D eigenvalue weighted by molar-refractivity contribution is 5.87. The van der Waals surface area contributed by atoms with Gasteiger partial charge in [0.05, 0.1) is 23.8 Å². The fourth-order valence-corrected chi connectivity index (χ4v) is 4.33. The van der Waals surface area contributed by atoms with E-state index in [1.54, 1.807) is 45.9 Å². The van der Waals surface area contributed by atoms with Gasteiger partial charge in [-0.25, -0.2) is 9.59 Å².